The van der Waals surface area contributed by atoms with Crippen molar-refractivity contribution in [2.75, 3.05) is 5.32 Å². The van der Waals surface area contributed by atoms with E-state index in [1.807, 2.05) is 35.7 Å². The molecule has 0 atom stereocenters. The van der Waals surface area contributed by atoms with Gasteiger partial charge < -0.3 is 5.32 Å². The largest absolute Gasteiger partial charge is 0.301 e. The molecule has 1 N–H and O–H groups in total. The molecular weight excluding hydrogens is 282 g/mol. The van der Waals surface area contributed by atoms with Gasteiger partial charge >= 0.3 is 0 Å². The molecule has 4 nitrogen and oxygen atoms in total. The molecule has 5 heteroatoms. The summed E-state index contributed by atoms with van der Waals surface area (Å²) in [6, 6.07) is 12.0. The van der Waals surface area contributed by atoms with E-state index < -0.39 is 5.41 Å². The molecule has 106 valence electrons. The van der Waals surface area contributed by atoms with Crippen LogP contribution in [0.1, 0.15) is 25.7 Å². The van der Waals surface area contributed by atoms with E-state index in [9.17, 15) is 10.1 Å². The summed E-state index contributed by atoms with van der Waals surface area (Å²) in [6.07, 6.45) is 3.17. The van der Waals surface area contributed by atoms with Crippen LogP contribution in [0.25, 0.3) is 11.3 Å². The van der Waals surface area contributed by atoms with E-state index in [4.69, 9.17) is 0 Å². The molecule has 1 fully saturated rings. The molecule has 0 saturated heterocycles. The molecule has 0 aliphatic heterocycles. The maximum atomic E-state index is 12.3. The van der Waals surface area contributed by atoms with Gasteiger partial charge in [0.25, 0.3) is 0 Å². The SMILES string of the molecule is N#CC1(C(=O)Nc2nc(-c3ccccc3)cs2)CCCC1. The summed E-state index contributed by atoms with van der Waals surface area (Å²) in [4.78, 5) is 16.8. The van der Waals surface area contributed by atoms with Gasteiger partial charge in [-0.05, 0) is 12.8 Å². The van der Waals surface area contributed by atoms with E-state index in [1.165, 1.54) is 11.3 Å². The minimum atomic E-state index is -0.863. The summed E-state index contributed by atoms with van der Waals surface area (Å²) >= 11 is 1.39. The van der Waals surface area contributed by atoms with Gasteiger partial charge in [-0.15, -0.1) is 11.3 Å². The fourth-order valence-corrected chi connectivity index (χ4v) is 3.37. The van der Waals surface area contributed by atoms with E-state index in [0.717, 1.165) is 24.1 Å². The Hall–Kier alpha value is -2.19. The molecule has 1 aromatic carbocycles. The second kappa shape index (κ2) is 5.66. The Morgan fingerprint density at radius 3 is 2.67 bits per heavy atom. The highest BCUT2D eigenvalue weighted by atomic mass is 32.1. The number of nitrogens with zero attached hydrogens (tertiary/aromatic N) is 2. The summed E-state index contributed by atoms with van der Waals surface area (Å²) in [5, 5.41) is 14.6. The fourth-order valence-electron chi connectivity index (χ4n) is 2.66. The zero-order valence-electron chi connectivity index (χ0n) is 11.5. The number of hydrogen-bond donors (Lipinski definition) is 1. The van der Waals surface area contributed by atoms with Crippen LogP contribution < -0.4 is 5.32 Å². The highest BCUT2D eigenvalue weighted by Gasteiger charge is 2.41. The van der Waals surface area contributed by atoms with Crippen LogP contribution in [-0.4, -0.2) is 10.9 Å². The third-order valence-corrected chi connectivity index (χ3v) is 4.66. The molecule has 1 aliphatic rings. The molecule has 21 heavy (non-hydrogen) atoms. The van der Waals surface area contributed by atoms with Gasteiger partial charge in [-0.2, -0.15) is 5.26 Å². The van der Waals surface area contributed by atoms with Crippen molar-refractivity contribution in [2.45, 2.75) is 25.7 Å². The van der Waals surface area contributed by atoms with Crippen molar-refractivity contribution in [3.63, 3.8) is 0 Å². The molecule has 1 amide bonds. The second-order valence-electron chi connectivity index (χ2n) is 5.26. The van der Waals surface area contributed by atoms with Crippen molar-refractivity contribution in [2.24, 2.45) is 5.41 Å². The van der Waals surface area contributed by atoms with Crippen LogP contribution in [0, 0.1) is 16.7 Å². The number of nitriles is 1. The molecule has 1 aromatic heterocycles. The molecule has 0 unspecified atom stereocenters. The number of aromatic nitrogens is 1. The zero-order chi connectivity index (χ0) is 14.7. The Morgan fingerprint density at radius 2 is 2.00 bits per heavy atom. The third kappa shape index (κ3) is 2.67. The smallest absolute Gasteiger partial charge is 0.246 e. The fraction of sp³-hybridized carbons (Fsp3) is 0.312. The average molecular weight is 297 g/mol. The van der Waals surface area contributed by atoms with Gasteiger partial charge in [0.15, 0.2) is 5.13 Å². The van der Waals surface area contributed by atoms with E-state index >= 15 is 0 Å². The summed E-state index contributed by atoms with van der Waals surface area (Å²) in [7, 11) is 0. The number of thiazole rings is 1. The number of rotatable bonds is 3. The van der Waals surface area contributed by atoms with E-state index in [1.54, 1.807) is 0 Å². The molecule has 2 aromatic rings. The van der Waals surface area contributed by atoms with Crippen molar-refractivity contribution in [3.8, 4) is 17.3 Å². The maximum absolute atomic E-state index is 12.3. The zero-order valence-corrected chi connectivity index (χ0v) is 12.3. The summed E-state index contributed by atoms with van der Waals surface area (Å²) in [5.41, 5.74) is 0.997. The van der Waals surface area contributed by atoms with Crippen molar-refractivity contribution < 1.29 is 4.79 Å². The minimum Gasteiger partial charge on any atom is -0.301 e. The van der Waals surface area contributed by atoms with Crippen molar-refractivity contribution >= 4 is 22.4 Å². The Labute approximate surface area is 127 Å². The molecule has 3 rings (SSSR count). The normalized spacial score (nSPS) is 16.3. The number of carbonyl (C=O) groups excluding carboxylic acids is 1. The number of nitrogens with one attached hydrogen (secondary N) is 1. The Kier molecular flexibility index (Phi) is 3.72. The minimum absolute atomic E-state index is 0.212. The lowest BCUT2D eigenvalue weighted by Crippen LogP contribution is -2.32. The van der Waals surface area contributed by atoms with Crippen molar-refractivity contribution in [3.05, 3.63) is 35.7 Å². The molecule has 0 bridgehead atoms. The first-order chi connectivity index (χ1) is 10.2. The molecule has 0 spiro atoms. The van der Waals surface area contributed by atoms with Crippen molar-refractivity contribution in [1.29, 1.82) is 5.26 Å². The van der Waals surface area contributed by atoms with Crippen LogP contribution in [-0.2, 0) is 4.79 Å². The molecule has 1 heterocycles. The van der Waals surface area contributed by atoms with Crippen LogP contribution in [0.2, 0.25) is 0 Å². The van der Waals surface area contributed by atoms with Gasteiger partial charge in [-0.1, -0.05) is 43.2 Å². The predicted octanol–water partition coefficient (Wildman–Crippen LogP) is 3.83. The Balaban J connectivity index is 1.76. The lowest BCUT2D eigenvalue weighted by molar-refractivity contribution is -0.122. The van der Waals surface area contributed by atoms with Crippen LogP contribution in [0.15, 0.2) is 35.7 Å². The topological polar surface area (TPSA) is 65.8 Å². The maximum Gasteiger partial charge on any atom is 0.246 e. The lowest BCUT2D eigenvalue weighted by atomic mass is 9.87. The first kappa shape index (κ1) is 13.8. The first-order valence-corrected chi connectivity index (χ1v) is 7.85. The second-order valence-corrected chi connectivity index (χ2v) is 6.12. The monoisotopic (exact) mass is 297 g/mol. The average Bonchev–Trinajstić information content (AvgIpc) is 3.18. The van der Waals surface area contributed by atoms with E-state index in [0.29, 0.717) is 18.0 Å². The number of carbonyl (C=O) groups is 1. The molecule has 1 aliphatic carbocycles. The Morgan fingerprint density at radius 1 is 1.29 bits per heavy atom. The van der Waals surface area contributed by atoms with E-state index in [-0.39, 0.29) is 5.91 Å². The van der Waals surface area contributed by atoms with Gasteiger partial charge in [-0.3, -0.25) is 4.79 Å². The van der Waals surface area contributed by atoms with Crippen LogP contribution >= 0.6 is 11.3 Å². The number of benzene rings is 1. The highest BCUT2D eigenvalue weighted by molar-refractivity contribution is 7.14. The lowest BCUT2D eigenvalue weighted by Gasteiger charge is -2.17. The molecule has 1 saturated carbocycles. The van der Waals surface area contributed by atoms with Crippen molar-refractivity contribution in [1.82, 2.24) is 4.98 Å². The summed E-state index contributed by atoms with van der Waals surface area (Å²) < 4.78 is 0. The van der Waals surface area contributed by atoms with Gasteiger partial charge in [0.1, 0.15) is 5.41 Å². The standard InChI is InChI=1S/C16H15N3OS/c17-11-16(8-4-5-9-16)14(20)19-15-18-13(10-21-15)12-6-2-1-3-7-12/h1-3,6-7,10H,4-5,8-9H2,(H,18,19,20). The van der Waals surface area contributed by atoms with Gasteiger partial charge in [0, 0.05) is 10.9 Å². The Bertz CT molecular complexity index is 681. The van der Waals surface area contributed by atoms with Gasteiger partial charge in [-0.25, -0.2) is 4.98 Å². The van der Waals surface area contributed by atoms with Crippen LogP contribution in [0.4, 0.5) is 5.13 Å². The van der Waals surface area contributed by atoms with Gasteiger partial charge in [0.05, 0.1) is 11.8 Å². The third-order valence-electron chi connectivity index (χ3n) is 3.90. The van der Waals surface area contributed by atoms with E-state index in [2.05, 4.69) is 16.4 Å². The van der Waals surface area contributed by atoms with Gasteiger partial charge in [0.2, 0.25) is 5.91 Å². The summed E-state index contributed by atoms with van der Waals surface area (Å²) in [6.45, 7) is 0. The first-order valence-electron chi connectivity index (χ1n) is 6.97. The quantitative estimate of drug-likeness (QED) is 0.936. The molecule has 0 radical (unpaired) electrons. The number of amides is 1. The predicted molar refractivity (Wildman–Crippen MR) is 82.7 cm³/mol. The molecular formula is C16H15N3OS. The van der Waals surface area contributed by atoms with Crippen LogP contribution in [0.3, 0.4) is 0 Å². The summed E-state index contributed by atoms with van der Waals surface area (Å²) in [5.74, 6) is -0.212. The van der Waals surface area contributed by atoms with Crippen LogP contribution in [0.5, 0.6) is 0 Å². The number of hydrogen-bond acceptors (Lipinski definition) is 4. The highest BCUT2D eigenvalue weighted by Crippen LogP contribution is 2.38. The number of anilines is 1.